The molecular weight excluding hydrogens is 490 g/mol. The fraction of sp³-hybridized carbons (Fsp3) is 0.333. The van der Waals surface area contributed by atoms with E-state index in [1.165, 1.54) is 19.1 Å². The van der Waals surface area contributed by atoms with Gasteiger partial charge in [-0.2, -0.15) is 5.10 Å². The number of H-pyrrole nitrogens is 1. The maximum atomic E-state index is 13.6. The zero-order valence-electron chi connectivity index (χ0n) is 22.1. The molecule has 3 amide bonds. The van der Waals surface area contributed by atoms with E-state index in [0.29, 0.717) is 17.0 Å². The number of carbonyl (C=O) groups excluding carboxylic acids is 2. The van der Waals surface area contributed by atoms with E-state index in [0.717, 1.165) is 16.0 Å². The van der Waals surface area contributed by atoms with Gasteiger partial charge in [-0.25, -0.2) is 9.59 Å². The van der Waals surface area contributed by atoms with Gasteiger partial charge < -0.3 is 24.8 Å². The fourth-order valence-electron chi connectivity index (χ4n) is 3.67. The summed E-state index contributed by atoms with van der Waals surface area (Å²) in [7, 11) is 3.00. The van der Waals surface area contributed by atoms with Gasteiger partial charge in [0.05, 0.1) is 13.3 Å². The second kappa shape index (κ2) is 12.1. The first kappa shape index (κ1) is 28.0. The average molecular weight is 524 g/mol. The highest BCUT2D eigenvalue weighted by atomic mass is 16.6. The third-order valence-corrected chi connectivity index (χ3v) is 5.58. The Morgan fingerprint density at radius 2 is 1.79 bits per heavy atom. The molecule has 0 saturated carbocycles. The summed E-state index contributed by atoms with van der Waals surface area (Å²) >= 11 is 0. The van der Waals surface area contributed by atoms with Gasteiger partial charge in [0.25, 0.3) is 5.91 Å². The van der Waals surface area contributed by atoms with E-state index < -0.39 is 29.7 Å². The maximum Gasteiger partial charge on any atom is 0.410 e. The number of carbonyl (C=O) groups is 3. The van der Waals surface area contributed by atoms with E-state index in [4.69, 9.17) is 9.47 Å². The zero-order chi connectivity index (χ0) is 27.9. The molecule has 202 valence electrons. The first-order valence-corrected chi connectivity index (χ1v) is 12.0. The molecule has 0 aliphatic rings. The molecule has 0 radical (unpaired) electrons. The summed E-state index contributed by atoms with van der Waals surface area (Å²) in [5.74, 6) is -0.0855. The van der Waals surface area contributed by atoms with Crippen LogP contribution in [0.1, 0.15) is 32.4 Å². The van der Waals surface area contributed by atoms with Crippen molar-refractivity contribution in [3.8, 4) is 16.9 Å². The number of ether oxygens (including phenoxy) is 2. The van der Waals surface area contributed by atoms with E-state index in [-0.39, 0.29) is 13.1 Å². The lowest BCUT2D eigenvalue weighted by Gasteiger charge is -2.31. The van der Waals surface area contributed by atoms with Crippen LogP contribution in [0.25, 0.3) is 11.1 Å². The number of anilines is 1. The maximum absolute atomic E-state index is 13.6. The number of aromatic nitrogens is 2. The molecule has 0 saturated heterocycles. The summed E-state index contributed by atoms with van der Waals surface area (Å²) in [5.41, 5.74) is 2.00. The number of likely N-dealkylation sites (N-methyl/N-ethyl adjacent to an activating group) is 1. The third-order valence-electron chi connectivity index (χ3n) is 5.58. The van der Waals surface area contributed by atoms with Gasteiger partial charge in [0.15, 0.2) is 0 Å². The van der Waals surface area contributed by atoms with Gasteiger partial charge in [-0.3, -0.25) is 14.8 Å². The van der Waals surface area contributed by atoms with E-state index in [1.54, 1.807) is 69.6 Å². The van der Waals surface area contributed by atoms with E-state index in [1.807, 2.05) is 12.1 Å². The van der Waals surface area contributed by atoms with E-state index in [9.17, 15) is 19.5 Å². The van der Waals surface area contributed by atoms with Crippen molar-refractivity contribution in [1.82, 2.24) is 20.0 Å². The van der Waals surface area contributed by atoms with Gasteiger partial charge in [0, 0.05) is 37.6 Å². The Bertz CT molecular complexity index is 1240. The second-order valence-electron chi connectivity index (χ2n) is 9.61. The molecule has 11 nitrogen and oxygen atoms in total. The van der Waals surface area contributed by atoms with Crippen LogP contribution in [-0.2, 0) is 9.53 Å². The summed E-state index contributed by atoms with van der Waals surface area (Å²) in [4.78, 5) is 40.6. The molecule has 0 aliphatic heterocycles. The quantitative estimate of drug-likeness (QED) is 0.372. The number of hydrogen-bond acceptors (Lipinski definition) is 6. The molecule has 1 atom stereocenters. The van der Waals surface area contributed by atoms with Crippen LogP contribution in [0.15, 0.2) is 60.9 Å². The number of nitrogens with one attached hydrogen (secondary N) is 2. The average Bonchev–Trinajstić information content (AvgIpc) is 3.40. The third kappa shape index (κ3) is 7.48. The molecule has 2 aromatic carbocycles. The molecule has 3 rings (SSSR count). The number of amides is 3. The number of carboxylic acid groups (broad SMARTS) is 1. The molecule has 11 heteroatoms. The van der Waals surface area contributed by atoms with Crippen LogP contribution in [0.4, 0.5) is 15.3 Å². The van der Waals surface area contributed by atoms with Crippen LogP contribution in [0.5, 0.6) is 5.75 Å². The lowest BCUT2D eigenvalue weighted by atomic mass is 10.0. The van der Waals surface area contributed by atoms with Crippen LogP contribution >= 0.6 is 0 Å². The first-order valence-electron chi connectivity index (χ1n) is 12.0. The lowest BCUT2D eigenvalue weighted by molar-refractivity contribution is -0.121. The largest absolute Gasteiger partial charge is 0.497 e. The van der Waals surface area contributed by atoms with Crippen molar-refractivity contribution >= 4 is 23.8 Å². The predicted molar refractivity (Wildman–Crippen MR) is 142 cm³/mol. The van der Waals surface area contributed by atoms with Crippen molar-refractivity contribution in [3.05, 3.63) is 66.5 Å². The van der Waals surface area contributed by atoms with Crippen molar-refractivity contribution in [1.29, 1.82) is 0 Å². The van der Waals surface area contributed by atoms with Gasteiger partial charge in [0.2, 0.25) is 0 Å². The van der Waals surface area contributed by atoms with Crippen LogP contribution in [0.3, 0.4) is 0 Å². The first-order chi connectivity index (χ1) is 18.0. The molecule has 1 heterocycles. The topological polar surface area (TPSA) is 137 Å². The lowest BCUT2D eigenvalue weighted by Crippen LogP contribution is -2.45. The summed E-state index contributed by atoms with van der Waals surface area (Å²) < 4.78 is 10.6. The molecule has 0 fully saturated rings. The molecule has 0 aliphatic carbocycles. The smallest absolute Gasteiger partial charge is 0.410 e. The molecule has 1 aromatic heterocycles. The Morgan fingerprint density at radius 1 is 1.08 bits per heavy atom. The van der Waals surface area contributed by atoms with Crippen molar-refractivity contribution in [3.63, 3.8) is 0 Å². The van der Waals surface area contributed by atoms with Crippen molar-refractivity contribution < 1.29 is 29.0 Å². The van der Waals surface area contributed by atoms with E-state index in [2.05, 4.69) is 15.5 Å². The Morgan fingerprint density at radius 3 is 2.37 bits per heavy atom. The minimum Gasteiger partial charge on any atom is -0.497 e. The van der Waals surface area contributed by atoms with Crippen molar-refractivity contribution in [2.45, 2.75) is 32.4 Å². The Kier molecular flexibility index (Phi) is 8.95. The highest BCUT2D eigenvalue weighted by Crippen LogP contribution is 2.27. The number of nitrogens with zero attached hydrogens (tertiary/aromatic N) is 3. The van der Waals surface area contributed by atoms with E-state index >= 15 is 0 Å². The minimum atomic E-state index is -1.32. The van der Waals surface area contributed by atoms with Gasteiger partial charge >= 0.3 is 12.2 Å². The molecule has 0 spiro atoms. The predicted octanol–water partition coefficient (Wildman–Crippen LogP) is 4.61. The van der Waals surface area contributed by atoms with Crippen molar-refractivity contribution in [2.24, 2.45) is 0 Å². The zero-order valence-corrected chi connectivity index (χ0v) is 22.1. The van der Waals surface area contributed by atoms with Crippen LogP contribution in [0.2, 0.25) is 0 Å². The summed E-state index contributed by atoms with van der Waals surface area (Å²) in [5, 5.41) is 19.6. The monoisotopic (exact) mass is 523 g/mol. The molecule has 3 N–H and O–H groups in total. The number of rotatable bonds is 9. The number of aromatic amines is 1. The standard InChI is InChI=1S/C27H33N5O6/c1-27(2,3)38-26(36)31(4)13-14-32(25(34)35)23(19-7-6-8-22(15-19)37-5)24(33)30-21-11-9-18(10-12-21)20-16-28-29-17-20/h6-12,15-17,23H,13-14H2,1-5H3,(H,28,29)(H,30,33)(H,34,35). The summed E-state index contributed by atoms with van der Waals surface area (Å²) in [6.07, 6.45) is 1.53. The fourth-order valence-corrected chi connectivity index (χ4v) is 3.67. The van der Waals surface area contributed by atoms with Gasteiger partial charge in [-0.1, -0.05) is 24.3 Å². The molecule has 38 heavy (non-hydrogen) atoms. The summed E-state index contributed by atoms with van der Waals surface area (Å²) in [6.45, 7) is 5.10. The van der Waals surface area contributed by atoms with Crippen molar-refractivity contribution in [2.75, 3.05) is 32.6 Å². The van der Waals surface area contributed by atoms with Crippen LogP contribution in [-0.4, -0.2) is 76.0 Å². The van der Waals surface area contributed by atoms with Gasteiger partial charge in [-0.15, -0.1) is 0 Å². The highest BCUT2D eigenvalue weighted by Gasteiger charge is 2.32. The molecule has 1 unspecified atom stereocenters. The van der Waals surface area contributed by atoms with Crippen LogP contribution < -0.4 is 10.1 Å². The number of methoxy groups -OCH3 is 1. The molecular formula is C27H33N5O6. The SMILES string of the molecule is COc1cccc(C(C(=O)Nc2ccc(-c3cn[nH]c3)cc2)N(CCN(C)C(=O)OC(C)(C)C)C(=O)O)c1. The molecule has 0 bridgehead atoms. The van der Waals surface area contributed by atoms with Gasteiger partial charge in [0.1, 0.15) is 17.4 Å². The van der Waals surface area contributed by atoms with Crippen LogP contribution in [0, 0.1) is 0 Å². The highest BCUT2D eigenvalue weighted by molar-refractivity contribution is 5.97. The number of hydrogen-bond donors (Lipinski definition) is 3. The van der Waals surface area contributed by atoms with Gasteiger partial charge in [-0.05, 0) is 56.2 Å². The minimum absolute atomic E-state index is 0.00829. The normalized spacial score (nSPS) is 11.8. The second-order valence-corrected chi connectivity index (χ2v) is 9.61. The Hall–Kier alpha value is -4.54. The summed E-state index contributed by atoms with van der Waals surface area (Å²) in [6, 6.07) is 12.5. The molecule has 3 aromatic rings. The Balaban J connectivity index is 1.85. The Labute approximate surface area is 221 Å². The number of benzene rings is 2.